The topological polar surface area (TPSA) is 63.6 Å². The molecule has 0 aliphatic rings. The first-order valence-corrected chi connectivity index (χ1v) is 5.97. The molecule has 4 nitrogen and oxygen atoms in total. The van der Waals surface area contributed by atoms with E-state index in [0.29, 0.717) is 5.56 Å². The fourth-order valence-electron chi connectivity index (χ4n) is 1.12. The highest BCUT2D eigenvalue weighted by molar-refractivity contribution is 7.85. The maximum absolute atomic E-state index is 11.5. The van der Waals surface area contributed by atoms with Crippen LogP contribution in [0.15, 0.2) is 18.2 Å². The van der Waals surface area contributed by atoms with Gasteiger partial charge in [-0.25, -0.2) is 0 Å². The monoisotopic (exact) mass is 228 g/mol. The van der Waals surface area contributed by atoms with Crippen molar-refractivity contribution in [3.63, 3.8) is 0 Å². The van der Waals surface area contributed by atoms with Crippen LogP contribution in [0.25, 0.3) is 0 Å². The summed E-state index contributed by atoms with van der Waals surface area (Å²) in [6.45, 7) is 0. The van der Waals surface area contributed by atoms with Crippen molar-refractivity contribution in [3.8, 4) is 11.5 Å². The van der Waals surface area contributed by atoms with Crippen molar-refractivity contribution in [1.29, 1.82) is 0 Å². The molecule has 1 aromatic carbocycles. The molecule has 82 valence electrons. The van der Waals surface area contributed by atoms with Crippen molar-refractivity contribution in [3.05, 3.63) is 23.8 Å². The maximum atomic E-state index is 11.5. The molecule has 5 heteroatoms. The fourth-order valence-corrected chi connectivity index (χ4v) is 1.65. The van der Waals surface area contributed by atoms with Gasteiger partial charge in [0.25, 0.3) is 0 Å². The Morgan fingerprint density at radius 3 is 2.73 bits per heavy atom. The molecule has 1 aromatic rings. The Morgan fingerprint density at radius 2 is 2.20 bits per heavy atom. The van der Waals surface area contributed by atoms with Gasteiger partial charge in [0, 0.05) is 22.6 Å². The minimum Gasteiger partial charge on any atom is -0.504 e. The molecule has 0 radical (unpaired) electrons. The molecule has 0 heterocycles. The van der Waals surface area contributed by atoms with Crippen molar-refractivity contribution in [2.24, 2.45) is 0 Å². The second kappa shape index (κ2) is 4.93. The third-order valence-corrected chi connectivity index (χ3v) is 2.50. The molecule has 0 amide bonds. The van der Waals surface area contributed by atoms with E-state index < -0.39 is 10.8 Å². The lowest BCUT2D eigenvalue weighted by Crippen LogP contribution is -2.09. The minimum atomic E-state index is -1.16. The first kappa shape index (κ1) is 11.7. The first-order chi connectivity index (χ1) is 7.04. The standard InChI is InChI=1S/C10H12O4S/c1-14-10-5-7(3-4-8(10)11)9(12)6-15(2)13/h3-5,11H,6H2,1-2H3. The van der Waals surface area contributed by atoms with E-state index in [2.05, 4.69) is 0 Å². The van der Waals surface area contributed by atoms with Crippen LogP contribution in [0.5, 0.6) is 11.5 Å². The van der Waals surface area contributed by atoms with E-state index in [1.54, 1.807) is 0 Å². The van der Waals surface area contributed by atoms with Crippen LogP contribution >= 0.6 is 0 Å². The molecular formula is C10H12O4S. The van der Waals surface area contributed by atoms with Crippen LogP contribution in [-0.4, -0.2) is 34.2 Å². The third-order valence-electron chi connectivity index (χ3n) is 1.84. The van der Waals surface area contributed by atoms with Gasteiger partial charge in [-0.2, -0.15) is 0 Å². The molecule has 0 aliphatic heterocycles. The van der Waals surface area contributed by atoms with Gasteiger partial charge in [-0.15, -0.1) is 0 Å². The van der Waals surface area contributed by atoms with E-state index in [0.717, 1.165) is 0 Å². The number of hydrogen-bond donors (Lipinski definition) is 1. The van der Waals surface area contributed by atoms with Crippen molar-refractivity contribution < 1.29 is 18.8 Å². The van der Waals surface area contributed by atoms with Gasteiger partial charge in [0.05, 0.1) is 12.9 Å². The third kappa shape index (κ3) is 3.06. The van der Waals surface area contributed by atoms with Crippen LogP contribution in [0, 0.1) is 0 Å². The van der Waals surface area contributed by atoms with Crippen LogP contribution in [-0.2, 0) is 10.8 Å². The zero-order chi connectivity index (χ0) is 11.4. The van der Waals surface area contributed by atoms with Crippen LogP contribution in [0.3, 0.4) is 0 Å². The summed E-state index contributed by atoms with van der Waals surface area (Å²) in [5.41, 5.74) is 0.389. The number of rotatable bonds is 4. The van der Waals surface area contributed by atoms with Crippen LogP contribution in [0.4, 0.5) is 0 Å². The Balaban J connectivity index is 2.95. The Kier molecular flexibility index (Phi) is 3.85. The van der Waals surface area contributed by atoms with Gasteiger partial charge in [-0.05, 0) is 18.2 Å². The number of phenolic OH excluding ortho intramolecular Hbond substituents is 1. The number of hydrogen-bond acceptors (Lipinski definition) is 4. The van der Waals surface area contributed by atoms with Crippen molar-refractivity contribution >= 4 is 16.6 Å². The molecule has 0 aromatic heterocycles. The Hall–Kier alpha value is -1.36. The molecule has 0 saturated carbocycles. The Bertz CT molecular complexity index is 400. The van der Waals surface area contributed by atoms with Crippen LogP contribution in [0.1, 0.15) is 10.4 Å². The highest BCUT2D eigenvalue weighted by Crippen LogP contribution is 2.26. The molecule has 1 N–H and O–H groups in total. The number of Topliss-reactive ketones (excluding diaryl/α,β-unsaturated/α-hetero) is 1. The van der Waals surface area contributed by atoms with E-state index in [9.17, 15) is 14.1 Å². The van der Waals surface area contributed by atoms with Gasteiger partial charge < -0.3 is 9.84 Å². The van der Waals surface area contributed by atoms with Gasteiger partial charge in [0.1, 0.15) is 0 Å². The number of ether oxygens (including phenoxy) is 1. The molecule has 0 spiro atoms. The summed E-state index contributed by atoms with van der Waals surface area (Å²) < 4.78 is 15.7. The molecule has 1 rings (SSSR count). The zero-order valence-corrected chi connectivity index (χ0v) is 9.34. The normalized spacial score (nSPS) is 12.1. The number of phenols is 1. The molecule has 0 bridgehead atoms. The summed E-state index contributed by atoms with van der Waals surface area (Å²) in [5.74, 6) is -0.0305. The summed E-state index contributed by atoms with van der Waals surface area (Å²) in [6.07, 6.45) is 1.47. The van der Waals surface area contributed by atoms with Crippen LogP contribution < -0.4 is 4.74 Å². The maximum Gasteiger partial charge on any atom is 0.175 e. The summed E-state index contributed by atoms with van der Waals surface area (Å²) >= 11 is 0. The van der Waals surface area contributed by atoms with Crippen molar-refractivity contribution in [2.45, 2.75) is 0 Å². The molecule has 0 aliphatic carbocycles. The number of carbonyl (C=O) groups is 1. The number of methoxy groups -OCH3 is 1. The average Bonchev–Trinajstić information content (AvgIpc) is 2.17. The van der Waals surface area contributed by atoms with Gasteiger partial charge in [0.2, 0.25) is 0 Å². The lowest BCUT2D eigenvalue weighted by molar-refractivity contribution is 0.102. The zero-order valence-electron chi connectivity index (χ0n) is 8.52. The molecule has 15 heavy (non-hydrogen) atoms. The SMILES string of the molecule is COc1cc(C(=O)CS(C)=O)ccc1O. The van der Waals surface area contributed by atoms with Gasteiger partial charge in [-0.3, -0.25) is 9.00 Å². The second-order valence-electron chi connectivity index (χ2n) is 3.03. The number of ketones is 1. The largest absolute Gasteiger partial charge is 0.504 e. The van der Waals surface area contributed by atoms with Gasteiger partial charge >= 0.3 is 0 Å². The van der Waals surface area contributed by atoms with Gasteiger partial charge in [0.15, 0.2) is 17.3 Å². The van der Waals surface area contributed by atoms with E-state index in [4.69, 9.17) is 4.74 Å². The lowest BCUT2D eigenvalue weighted by atomic mass is 10.1. The fraction of sp³-hybridized carbons (Fsp3) is 0.300. The van der Waals surface area contributed by atoms with E-state index in [1.807, 2.05) is 0 Å². The van der Waals surface area contributed by atoms with Gasteiger partial charge in [-0.1, -0.05) is 0 Å². The van der Waals surface area contributed by atoms with Crippen LogP contribution in [0.2, 0.25) is 0 Å². The summed E-state index contributed by atoms with van der Waals surface area (Å²) in [7, 11) is 0.241. The molecule has 0 saturated heterocycles. The average molecular weight is 228 g/mol. The second-order valence-corrected chi connectivity index (χ2v) is 4.46. The lowest BCUT2D eigenvalue weighted by Gasteiger charge is -2.05. The molecule has 1 atom stereocenters. The highest BCUT2D eigenvalue weighted by Gasteiger charge is 2.10. The quantitative estimate of drug-likeness (QED) is 0.780. The summed E-state index contributed by atoms with van der Waals surface area (Å²) in [4.78, 5) is 11.5. The minimum absolute atomic E-state index is 0.0199. The smallest absolute Gasteiger partial charge is 0.175 e. The highest BCUT2D eigenvalue weighted by atomic mass is 32.2. The predicted octanol–water partition coefficient (Wildman–Crippen LogP) is 0.962. The summed E-state index contributed by atoms with van der Waals surface area (Å²) in [6, 6.07) is 4.29. The Labute approximate surface area is 90.3 Å². The number of benzene rings is 1. The first-order valence-electron chi connectivity index (χ1n) is 4.25. The molecule has 0 fully saturated rings. The Morgan fingerprint density at radius 1 is 1.53 bits per heavy atom. The number of aromatic hydroxyl groups is 1. The van der Waals surface area contributed by atoms with Crippen molar-refractivity contribution in [2.75, 3.05) is 19.1 Å². The van der Waals surface area contributed by atoms with E-state index in [1.165, 1.54) is 31.6 Å². The van der Waals surface area contributed by atoms with E-state index >= 15 is 0 Å². The number of carbonyl (C=O) groups excluding carboxylic acids is 1. The molecule has 1 unspecified atom stereocenters. The van der Waals surface area contributed by atoms with Crippen molar-refractivity contribution in [1.82, 2.24) is 0 Å². The summed E-state index contributed by atoms with van der Waals surface area (Å²) in [5, 5.41) is 9.30. The predicted molar refractivity (Wildman–Crippen MR) is 57.9 cm³/mol. The van der Waals surface area contributed by atoms with E-state index in [-0.39, 0.29) is 23.0 Å². The molecular weight excluding hydrogens is 216 g/mol.